The van der Waals surface area contributed by atoms with Crippen LogP contribution in [-0.4, -0.2) is 35.7 Å². The van der Waals surface area contributed by atoms with E-state index >= 15 is 0 Å². The van der Waals surface area contributed by atoms with Crippen LogP contribution in [0, 0.1) is 13.8 Å². The lowest BCUT2D eigenvalue weighted by Gasteiger charge is -2.22. The SMILES string of the molecule is Cc1noc(C)c1CCN(C)c1ccc(NC(=O)c2cccs2)cc1C(=O)O. The third kappa shape index (κ3) is 4.23. The van der Waals surface area contributed by atoms with Crippen LogP contribution < -0.4 is 10.2 Å². The molecule has 1 aromatic carbocycles. The van der Waals surface area contributed by atoms with Crippen LogP contribution in [0.25, 0.3) is 0 Å². The highest BCUT2D eigenvalue weighted by Gasteiger charge is 2.17. The number of nitrogens with zero attached hydrogens (tertiary/aromatic N) is 2. The second-order valence-electron chi connectivity index (χ2n) is 6.44. The number of carboxylic acids is 1. The molecule has 2 aromatic heterocycles. The molecule has 146 valence electrons. The van der Waals surface area contributed by atoms with Crippen molar-refractivity contribution in [1.29, 1.82) is 0 Å². The van der Waals surface area contributed by atoms with E-state index in [1.165, 1.54) is 17.4 Å². The fourth-order valence-corrected chi connectivity index (χ4v) is 3.60. The Morgan fingerprint density at radius 2 is 2.07 bits per heavy atom. The fourth-order valence-electron chi connectivity index (χ4n) is 2.98. The Hall–Kier alpha value is -3.13. The largest absolute Gasteiger partial charge is 0.478 e. The summed E-state index contributed by atoms with van der Waals surface area (Å²) in [5, 5.41) is 18.1. The zero-order valence-corrected chi connectivity index (χ0v) is 16.7. The number of carboxylic acid groups (broad SMARTS) is 1. The third-order valence-corrected chi connectivity index (χ3v) is 5.39. The Labute approximate surface area is 166 Å². The van der Waals surface area contributed by atoms with Crippen molar-refractivity contribution < 1.29 is 19.2 Å². The van der Waals surface area contributed by atoms with Crippen molar-refractivity contribution in [3.8, 4) is 0 Å². The molecule has 0 spiro atoms. The van der Waals surface area contributed by atoms with Gasteiger partial charge in [0, 0.05) is 24.8 Å². The molecule has 3 aromatic rings. The first-order valence-electron chi connectivity index (χ1n) is 8.72. The second-order valence-corrected chi connectivity index (χ2v) is 7.39. The number of amides is 1. The van der Waals surface area contributed by atoms with Crippen molar-refractivity contribution in [3.05, 3.63) is 63.2 Å². The molecule has 2 heterocycles. The van der Waals surface area contributed by atoms with Gasteiger partial charge in [-0.2, -0.15) is 0 Å². The van der Waals surface area contributed by atoms with Crippen molar-refractivity contribution in [2.45, 2.75) is 20.3 Å². The van der Waals surface area contributed by atoms with E-state index in [1.807, 2.05) is 31.2 Å². The van der Waals surface area contributed by atoms with Crippen LogP contribution in [0.15, 0.2) is 40.2 Å². The molecule has 0 atom stereocenters. The van der Waals surface area contributed by atoms with Gasteiger partial charge in [0.2, 0.25) is 0 Å². The van der Waals surface area contributed by atoms with E-state index in [0.29, 0.717) is 29.2 Å². The summed E-state index contributed by atoms with van der Waals surface area (Å²) in [4.78, 5) is 26.4. The number of aromatic nitrogens is 1. The van der Waals surface area contributed by atoms with E-state index in [4.69, 9.17) is 4.52 Å². The van der Waals surface area contributed by atoms with Crippen LogP contribution >= 0.6 is 11.3 Å². The zero-order valence-electron chi connectivity index (χ0n) is 15.9. The molecule has 0 aliphatic rings. The van der Waals surface area contributed by atoms with Crippen LogP contribution in [0.3, 0.4) is 0 Å². The van der Waals surface area contributed by atoms with Gasteiger partial charge in [-0.3, -0.25) is 4.79 Å². The Kier molecular flexibility index (Phi) is 5.79. The molecule has 0 saturated heterocycles. The van der Waals surface area contributed by atoms with Crippen LogP contribution in [0.2, 0.25) is 0 Å². The maximum absolute atomic E-state index is 12.2. The van der Waals surface area contributed by atoms with Gasteiger partial charge in [0.05, 0.1) is 21.8 Å². The Balaban J connectivity index is 1.77. The summed E-state index contributed by atoms with van der Waals surface area (Å²) >= 11 is 1.33. The van der Waals surface area contributed by atoms with Gasteiger partial charge >= 0.3 is 5.97 Å². The minimum absolute atomic E-state index is 0.130. The predicted molar refractivity (Wildman–Crippen MR) is 109 cm³/mol. The second kappa shape index (κ2) is 8.26. The molecule has 0 aliphatic carbocycles. The number of anilines is 2. The van der Waals surface area contributed by atoms with Crippen molar-refractivity contribution in [1.82, 2.24) is 5.16 Å². The predicted octanol–water partition coefficient (Wildman–Crippen LogP) is 3.98. The van der Waals surface area contributed by atoms with Gasteiger partial charge in [0.1, 0.15) is 5.76 Å². The van der Waals surface area contributed by atoms with Crippen LogP contribution in [0.1, 0.15) is 37.0 Å². The quantitative estimate of drug-likeness (QED) is 0.624. The molecule has 3 rings (SSSR count). The molecule has 0 fully saturated rings. The average molecular weight is 399 g/mol. The molecule has 7 nitrogen and oxygen atoms in total. The summed E-state index contributed by atoms with van der Waals surface area (Å²) in [6.07, 6.45) is 0.688. The minimum Gasteiger partial charge on any atom is -0.478 e. The van der Waals surface area contributed by atoms with Gasteiger partial charge in [0.25, 0.3) is 5.91 Å². The van der Waals surface area contributed by atoms with E-state index in [1.54, 1.807) is 24.3 Å². The number of thiophene rings is 1. The van der Waals surface area contributed by atoms with Crippen LogP contribution in [0.4, 0.5) is 11.4 Å². The molecule has 28 heavy (non-hydrogen) atoms. The Bertz CT molecular complexity index is 976. The lowest BCUT2D eigenvalue weighted by atomic mass is 10.1. The lowest BCUT2D eigenvalue weighted by Crippen LogP contribution is -2.23. The average Bonchev–Trinajstić information content (AvgIpc) is 3.30. The summed E-state index contributed by atoms with van der Waals surface area (Å²) < 4.78 is 5.18. The van der Waals surface area contributed by atoms with Gasteiger partial charge in [0.15, 0.2) is 0 Å². The Morgan fingerprint density at radius 3 is 2.68 bits per heavy atom. The number of aromatic carboxylic acids is 1. The van der Waals surface area contributed by atoms with E-state index in [0.717, 1.165) is 17.0 Å². The highest BCUT2D eigenvalue weighted by atomic mass is 32.1. The minimum atomic E-state index is -1.05. The van der Waals surface area contributed by atoms with Gasteiger partial charge in [-0.25, -0.2) is 4.79 Å². The number of carbonyl (C=O) groups excluding carboxylic acids is 1. The van der Waals surface area contributed by atoms with E-state index in [9.17, 15) is 14.7 Å². The highest BCUT2D eigenvalue weighted by molar-refractivity contribution is 7.12. The molecule has 0 unspecified atom stereocenters. The van der Waals surface area contributed by atoms with E-state index in [2.05, 4.69) is 10.5 Å². The number of likely N-dealkylation sites (N-methyl/N-ethyl adjacent to an activating group) is 1. The fraction of sp³-hybridized carbons (Fsp3) is 0.250. The molecule has 1 amide bonds. The molecule has 2 N–H and O–H groups in total. The van der Waals surface area contributed by atoms with Gasteiger partial charge in [-0.15, -0.1) is 11.3 Å². The van der Waals surface area contributed by atoms with Gasteiger partial charge in [-0.1, -0.05) is 11.2 Å². The maximum Gasteiger partial charge on any atom is 0.337 e. The molecule has 0 saturated carbocycles. The first kappa shape index (κ1) is 19.6. The first-order chi connectivity index (χ1) is 13.4. The topological polar surface area (TPSA) is 95.7 Å². The van der Waals surface area contributed by atoms with E-state index < -0.39 is 5.97 Å². The number of nitrogens with one attached hydrogen (secondary N) is 1. The lowest BCUT2D eigenvalue weighted by molar-refractivity contribution is 0.0697. The number of rotatable bonds is 7. The number of carbonyl (C=O) groups is 2. The molecule has 0 aliphatic heterocycles. The zero-order chi connectivity index (χ0) is 20.3. The monoisotopic (exact) mass is 399 g/mol. The summed E-state index contributed by atoms with van der Waals surface area (Å²) in [5.41, 5.74) is 3.02. The van der Waals surface area contributed by atoms with E-state index in [-0.39, 0.29) is 11.5 Å². The highest BCUT2D eigenvalue weighted by Crippen LogP contribution is 2.25. The molecule has 8 heteroatoms. The summed E-state index contributed by atoms with van der Waals surface area (Å²) in [6.45, 7) is 4.35. The van der Waals surface area contributed by atoms with Crippen LogP contribution in [0.5, 0.6) is 0 Å². The van der Waals surface area contributed by atoms with Crippen molar-refractivity contribution in [2.24, 2.45) is 0 Å². The Morgan fingerprint density at radius 1 is 1.29 bits per heavy atom. The number of aryl methyl sites for hydroxylation is 2. The molecule has 0 radical (unpaired) electrons. The summed E-state index contributed by atoms with van der Waals surface area (Å²) in [5.74, 6) is -0.534. The molecular formula is C20H21N3O4S. The van der Waals surface area contributed by atoms with Gasteiger partial charge < -0.3 is 19.8 Å². The van der Waals surface area contributed by atoms with Gasteiger partial charge in [-0.05, 0) is 49.9 Å². The summed E-state index contributed by atoms with van der Waals surface area (Å²) in [7, 11) is 1.84. The third-order valence-electron chi connectivity index (χ3n) is 4.52. The first-order valence-corrected chi connectivity index (χ1v) is 9.60. The smallest absolute Gasteiger partial charge is 0.337 e. The maximum atomic E-state index is 12.2. The number of hydrogen-bond donors (Lipinski definition) is 2. The standard InChI is InChI=1S/C20H21N3O4S/c1-12-15(13(2)27-22-12)8-9-23(3)17-7-6-14(11-16(17)20(25)26)21-19(24)18-5-4-10-28-18/h4-7,10-11H,8-9H2,1-3H3,(H,21,24)(H,25,26). The van der Waals surface area contributed by atoms with Crippen LogP contribution in [-0.2, 0) is 6.42 Å². The van der Waals surface area contributed by atoms with Crippen molar-refractivity contribution in [3.63, 3.8) is 0 Å². The normalized spacial score (nSPS) is 10.7. The molecule has 0 bridgehead atoms. The molecular weight excluding hydrogens is 378 g/mol. The number of hydrogen-bond acceptors (Lipinski definition) is 6. The van der Waals surface area contributed by atoms with Crippen molar-refractivity contribution >= 4 is 34.6 Å². The van der Waals surface area contributed by atoms with Crippen molar-refractivity contribution in [2.75, 3.05) is 23.8 Å². The number of benzene rings is 1. The summed E-state index contributed by atoms with van der Waals surface area (Å²) in [6, 6.07) is 8.41.